The van der Waals surface area contributed by atoms with Gasteiger partial charge in [0.15, 0.2) is 0 Å². The lowest BCUT2D eigenvalue weighted by Crippen LogP contribution is -2.09. The summed E-state index contributed by atoms with van der Waals surface area (Å²) in [5, 5.41) is 15.2. The van der Waals surface area contributed by atoms with E-state index >= 15 is 0 Å². The fourth-order valence-electron chi connectivity index (χ4n) is 4.59. The summed E-state index contributed by atoms with van der Waals surface area (Å²) in [7, 11) is 1.84. The zero-order valence-corrected chi connectivity index (χ0v) is 22.7. The number of allylic oxidation sites excluding steroid dienone is 4. The maximum absolute atomic E-state index is 13.6. The van der Waals surface area contributed by atoms with E-state index < -0.39 is 5.97 Å². The van der Waals surface area contributed by atoms with E-state index in [9.17, 15) is 14.3 Å². The summed E-state index contributed by atoms with van der Waals surface area (Å²) < 4.78 is 19.6. The number of carboxylic acid groups (broad SMARTS) is 1. The molecule has 3 aromatic rings. The molecule has 0 aliphatic carbocycles. The molecule has 0 unspecified atom stereocenters. The minimum atomic E-state index is -0.968. The second-order valence-corrected chi connectivity index (χ2v) is 9.51. The van der Waals surface area contributed by atoms with E-state index in [0.29, 0.717) is 30.2 Å². The highest BCUT2D eigenvalue weighted by Crippen LogP contribution is 2.38. The number of aliphatic carboxylic acids is 1. The van der Waals surface area contributed by atoms with Gasteiger partial charge < -0.3 is 15.2 Å². The second kappa shape index (κ2) is 12.1. The molecule has 3 rings (SSSR count). The predicted octanol–water partition coefficient (Wildman–Crippen LogP) is 8.18. The summed E-state index contributed by atoms with van der Waals surface area (Å²) in [6, 6.07) is 13.8. The average Bonchev–Trinajstić information content (AvgIpc) is 2.85. The van der Waals surface area contributed by atoms with E-state index in [4.69, 9.17) is 16.3 Å². The van der Waals surface area contributed by atoms with Crippen LogP contribution in [-0.4, -0.2) is 24.7 Å². The van der Waals surface area contributed by atoms with E-state index in [0.717, 1.165) is 49.9 Å². The second-order valence-electron chi connectivity index (χ2n) is 9.11. The fourth-order valence-corrected chi connectivity index (χ4v) is 4.89. The quantitative estimate of drug-likeness (QED) is 0.160. The zero-order valence-electron chi connectivity index (χ0n) is 22.0. The van der Waals surface area contributed by atoms with Crippen molar-refractivity contribution in [2.24, 2.45) is 0 Å². The number of hydrogen-bond acceptors (Lipinski definition) is 3. The summed E-state index contributed by atoms with van der Waals surface area (Å²) in [5.74, 6) is -0.595. The van der Waals surface area contributed by atoms with Crippen molar-refractivity contribution in [2.45, 2.75) is 40.5 Å². The molecular weight excluding hydrogens is 489 g/mol. The van der Waals surface area contributed by atoms with Gasteiger partial charge in [-0.1, -0.05) is 36.4 Å². The number of ether oxygens (including phenoxy) is 1. The molecule has 3 aromatic carbocycles. The van der Waals surface area contributed by atoms with E-state index in [1.807, 2.05) is 58.2 Å². The molecule has 194 valence electrons. The van der Waals surface area contributed by atoms with Crippen molar-refractivity contribution in [1.82, 2.24) is 5.32 Å². The van der Waals surface area contributed by atoms with Gasteiger partial charge in [0, 0.05) is 39.9 Å². The van der Waals surface area contributed by atoms with Gasteiger partial charge in [0.25, 0.3) is 0 Å². The first kappa shape index (κ1) is 28.0. The summed E-state index contributed by atoms with van der Waals surface area (Å²) >= 11 is 6.66. The molecule has 0 spiro atoms. The minimum Gasteiger partial charge on any atom is -0.493 e. The van der Waals surface area contributed by atoms with Crippen molar-refractivity contribution in [2.75, 3.05) is 13.7 Å². The molecule has 0 heterocycles. The highest BCUT2D eigenvalue weighted by atomic mass is 35.5. The number of carboxylic acids is 1. The van der Waals surface area contributed by atoms with Crippen molar-refractivity contribution in [1.29, 1.82) is 0 Å². The molecule has 0 aromatic heterocycles. The first-order valence-corrected chi connectivity index (χ1v) is 12.5. The molecule has 37 heavy (non-hydrogen) atoms. The van der Waals surface area contributed by atoms with Crippen LogP contribution in [0.4, 0.5) is 4.39 Å². The van der Waals surface area contributed by atoms with Gasteiger partial charge in [0.05, 0.1) is 6.61 Å². The van der Waals surface area contributed by atoms with Gasteiger partial charge in [0.1, 0.15) is 11.6 Å². The Labute approximate surface area is 223 Å². The van der Waals surface area contributed by atoms with Crippen molar-refractivity contribution in [3.8, 4) is 5.75 Å². The standard InChI is InChI=1S/C31H33ClFNO3/c1-18(2)29(21(5)34-6)30-19(3)25(14-15-27(30)32)24(20(4)31(35)36)10-8-16-37-28-11-7-9-22-17-23(33)12-13-26(22)28/h7,9,11-15,17,34H,1,8,10,16H2,2-6H3,(H,35,36)/b24-20+,29-21+. The third-order valence-electron chi connectivity index (χ3n) is 6.57. The molecule has 0 aliphatic heterocycles. The molecule has 6 heteroatoms. The number of carbonyl (C=O) groups is 1. The molecule has 0 bridgehead atoms. The van der Waals surface area contributed by atoms with Crippen LogP contribution in [0.1, 0.15) is 50.3 Å². The number of hydrogen-bond donors (Lipinski definition) is 2. The van der Waals surface area contributed by atoms with Crippen LogP contribution < -0.4 is 10.1 Å². The van der Waals surface area contributed by atoms with Crippen LogP contribution in [0.3, 0.4) is 0 Å². The molecule has 0 aliphatic rings. The highest BCUT2D eigenvalue weighted by molar-refractivity contribution is 6.33. The van der Waals surface area contributed by atoms with Crippen LogP contribution in [-0.2, 0) is 4.79 Å². The van der Waals surface area contributed by atoms with Gasteiger partial charge >= 0.3 is 5.97 Å². The first-order chi connectivity index (χ1) is 17.6. The smallest absolute Gasteiger partial charge is 0.331 e. The highest BCUT2D eigenvalue weighted by Gasteiger charge is 2.20. The van der Waals surface area contributed by atoms with Crippen molar-refractivity contribution in [3.63, 3.8) is 0 Å². The third-order valence-corrected chi connectivity index (χ3v) is 6.89. The van der Waals surface area contributed by atoms with E-state index in [-0.39, 0.29) is 11.4 Å². The average molecular weight is 522 g/mol. The lowest BCUT2D eigenvalue weighted by atomic mass is 9.86. The number of fused-ring (bicyclic) bond motifs is 1. The van der Waals surface area contributed by atoms with Gasteiger partial charge in [-0.15, -0.1) is 0 Å². The van der Waals surface area contributed by atoms with Crippen molar-refractivity contribution >= 4 is 39.5 Å². The van der Waals surface area contributed by atoms with E-state index in [2.05, 4.69) is 11.9 Å². The van der Waals surface area contributed by atoms with Gasteiger partial charge in [-0.25, -0.2) is 9.18 Å². The molecule has 0 saturated heterocycles. The zero-order chi connectivity index (χ0) is 27.3. The van der Waals surface area contributed by atoms with Gasteiger partial charge in [-0.2, -0.15) is 0 Å². The molecule has 0 radical (unpaired) electrons. The number of benzene rings is 3. The summed E-state index contributed by atoms with van der Waals surface area (Å²) in [6.07, 6.45) is 1.09. The largest absolute Gasteiger partial charge is 0.493 e. The Morgan fingerprint density at radius 2 is 1.86 bits per heavy atom. The minimum absolute atomic E-state index is 0.281. The van der Waals surface area contributed by atoms with E-state index in [1.165, 1.54) is 12.1 Å². The lowest BCUT2D eigenvalue weighted by molar-refractivity contribution is -0.132. The molecule has 4 nitrogen and oxygen atoms in total. The fraction of sp³-hybridized carbons (Fsp3) is 0.258. The normalized spacial score (nSPS) is 12.6. The third kappa shape index (κ3) is 6.23. The molecule has 2 N–H and O–H groups in total. The van der Waals surface area contributed by atoms with Crippen molar-refractivity contribution < 1.29 is 19.0 Å². The summed E-state index contributed by atoms with van der Waals surface area (Å²) in [6.45, 7) is 12.0. The SMILES string of the molecule is C=C(C)/C(=C(/C)NC)c1c(Cl)ccc(/C(CCCOc2cccc3cc(F)ccc23)=C(\C)C(=O)O)c1C. The van der Waals surface area contributed by atoms with Crippen LogP contribution in [0.2, 0.25) is 5.02 Å². The number of halogens is 2. The maximum atomic E-state index is 13.6. The molecular formula is C31H33ClFNO3. The van der Waals surface area contributed by atoms with E-state index in [1.54, 1.807) is 13.0 Å². The Morgan fingerprint density at radius 3 is 2.51 bits per heavy atom. The van der Waals surface area contributed by atoms with Gasteiger partial charge in [-0.3, -0.25) is 0 Å². The Bertz CT molecular complexity index is 1420. The van der Waals surface area contributed by atoms with Crippen LogP contribution in [0.15, 0.2) is 72.0 Å². The van der Waals surface area contributed by atoms with Crippen LogP contribution >= 0.6 is 11.6 Å². The molecule has 0 amide bonds. The Morgan fingerprint density at radius 1 is 1.14 bits per heavy atom. The summed E-state index contributed by atoms with van der Waals surface area (Å²) in [4.78, 5) is 12.0. The topological polar surface area (TPSA) is 58.6 Å². The predicted molar refractivity (Wildman–Crippen MR) is 152 cm³/mol. The van der Waals surface area contributed by atoms with Crippen LogP contribution in [0.5, 0.6) is 5.75 Å². The maximum Gasteiger partial charge on any atom is 0.331 e. The Hall–Kier alpha value is -3.57. The number of nitrogens with one attached hydrogen (secondary N) is 1. The number of rotatable bonds is 10. The molecule has 0 fully saturated rings. The Kier molecular flexibility index (Phi) is 9.17. The lowest BCUT2D eigenvalue weighted by Gasteiger charge is -2.21. The van der Waals surface area contributed by atoms with Crippen molar-refractivity contribution in [3.05, 3.63) is 99.5 Å². The Balaban J connectivity index is 1.93. The van der Waals surface area contributed by atoms with Gasteiger partial charge in [0.2, 0.25) is 0 Å². The van der Waals surface area contributed by atoms with Gasteiger partial charge in [-0.05, 0) is 98.5 Å². The van der Waals surface area contributed by atoms with Crippen LogP contribution in [0.25, 0.3) is 21.9 Å². The monoisotopic (exact) mass is 521 g/mol. The molecule has 0 atom stereocenters. The summed E-state index contributed by atoms with van der Waals surface area (Å²) in [5.41, 5.74) is 6.29. The van der Waals surface area contributed by atoms with Crippen LogP contribution in [0, 0.1) is 12.7 Å². The molecule has 0 saturated carbocycles. The first-order valence-electron chi connectivity index (χ1n) is 12.1.